The van der Waals surface area contributed by atoms with Crippen LogP contribution in [0.2, 0.25) is 0 Å². The van der Waals surface area contributed by atoms with Gasteiger partial charge in [0.15, 0.2) is 0 Å². The van der Waals surface area contributed by atoms with E-state index in [2.05, 4.69) is 34.5 Å². The summed E-state index contributed by atoms with van der Waals surface area (Å²) < 4.78 is 0. The Morgan fingerprint density at radius 2 is 1.58 bits per heavy atom. The average Bonchev–Trinajstić information content (AvgIpc) is 2.64. The van der Waals surface area contributed by atoms with E-state index >= 15 is 0 Å². The van der Waals surface area contributed by atoms with Gasteiger partial charge < -0.3 is 5.73 Å². The fourth-order valence-electron chi connectivity index (χ4n) is 3.72. The molecule has 3 N–H and O–H groups in total. The van der Waals surface area contributed by atoms with Crippen LogP contribution in [0.4, 0.5) is 4.79 Å². The largest absolute Gasteiger partial charge is 0.351 e. The predicted octanol–water partition coefficient (Wildman–Crippen LogP) is 2.88. The van der Waals surface area contributed by atoms with Crippen LogP contribution < -0.4 is 11.1 Å². The molecule has 5 heteroatoms. The first-order chi connectivity index (χ1) is 12.6. The molecule has 2 aromatic rings. The lowest BCUT2D eigenvalue weighted by Gasteiger charge is -2.37. The summed E-state index contributed by atoms with van der Waals surface area (Å²) in [5.41, 5.74) is 7.40. The van der Waals surface area contributed by atoms with Crippen LogP contribution in [0.3, 0.4) is 0 Å². The van der Waals surface area contributed by atoms with Crippen LogP contribution in [-0.2, 0) is 11.2 Å². The third-order valence-electron chi connectivity index (χ3n) is 4.99. The highest BCUT2D eigenvalue weighted by atomic mass is 16.2. The van der Waals surface area contributed by atoms with E-state index in [-0.39, 0.29) is 5.91 Å². The molecule has 0 bridgehead atoms. The molecule has 1 fully saturated rings. The Labute approximate surface area is 154 Å². The number of imide groups is 1. The minimum Gasteiger partial charge on any atom is -0.351 e. The Kier molecular flexibility index (Phi) is 6.02. The van der Waals surface area contributed by atoms with Gasteiger partial charge in [-0.1, -0.05) is 60.7 Å². The number of urea groups is 1. The summed E-state index contributed by atoms with van der Waals surface area (Å²) in [7, 11) is 0. The number of hydrogen-bond donors (Lipinski definition) is 2. The van der Waals surface area contributed by atoms with Gasteiger partial charge in [-0.25, -0.2) is 4.79 Å². The van der Waals surface area contributed by atoms with Crippen LogP contribution in [0, 0.1) is 5.92 Å². The summed E-state index contributed by atoms with van der Waals surface area (Å²) in [5, 5.41) is 2.25. The molecule has 0 unspecified atom stereocenters. The van der Waals surface area contributed by atoms with Crippen LogP contribution in [0.5, 0.6) is 0 Å². The smallest absolute Gasteiger partial charge is 0.318 e. The molecule has 3 amide bonds. The Morgan fingerprint density at radius 1 is 1.00 bits per heavy atom. The summed E-state index contributed by atoms with van der Waals surface area (Å²) in [4.78, 5) is 25.9. The SMILES string of the molecule is NC(=O)NC(=O)[C@H](c1ccccc1)N1CCC(Cc2ccccc2)CC1. The Balaban J connectivity index is 1.67. The molecule has 136 valence electrons. The molecule has 3 rings (SSSR count). The number of carbonyl (C=O) groups excluding carboxylic acids is 2. The van der Waals surface area contributed by atoms with Crippen LogP contribution in [0.25, 0.3) is 0 Å². The van der Waals surface area contributed by atoms with Gasteiger partial charge in [-0.2, -0.15) is 0 Å². The molecule has 2 aromatic carbocycles. The number of nitrogens with zero attached hydrogens (tertiary/aromatic N) is 1. The Hall–Kier alpha value is -2.66. The third kappa shape index (κ3) is 4.70. The molecular formula is C21H25N3O2. The second-order valence-electron chi connectivity index (χ2n) is 6.84. The maximum absolute atomic E-state index is 12.6. The third-order valence-corrected chi connectivity index (χ3v) is 4.99. The Bertz CT molecular complexity index is 725. The lowest BCUT2D eigenvalue weighted by atomic mass is 9.89. The summed E-state index contributed by atoms with van der Waals surface area (Å²) in [6, 6.07) is 18.8. The normalized spacial score (nSPS) is 16.8. The molecule has 0 radical (unpaired) electrons. The van der Waals surface area contributed by atoms with Gasteiger partial charge >= 0.3 is 6.03 Å². The van der Waals surface area contributed by atoms with Gasteiger partial charge in [0.25, 0.3) is 0 Å². The average molecular weight is 351 g/mol. The molecule has 5 nitrogen and oxygen atoms in total. The summed E-state index contributed by atoms with van der Waals surface area (Å²) in [6.45, 7) is 1.65. The van der Waals surface area contributed by atoms with Crippen molar-refractivity contribution in [2.45, 2.75) is 25.3 Å². The van der Waals surface area contributed by atoms with Gasteiger partial charge in [-0.05, 0) is 49.4 Å². The molecule has 1 saturated heterocycles. The van der Waals surface area contributed by atoms with Crippen LogP contribution in [-0.4, -0.2) is 29.9 Å². The number of nitrogens with one attached hydrogen (secondary N) is 1. The number of nitrogens with two attached hydrogens (primary N) is 1. The molecule has 0 aromatic heterocycles. The van der Waals surface area contributed by atoms with Gasteiger partial charge in [0.05, 0.1) is 0 Å². The standard InChI is InChI=1S/C21H25N3O2/c22-21(26)23-20(25)19(18-9-5-2-6-10-18)24-13-11-17(12-14-24)15-16-7-3-1-4-8-16/h1-10,17,19H,11-15H2,(H3,22,23,25,26)/t19-/m0/s1. The number of benzene rings is 2. The van der Waals surface area contributed by atoms with Crippen molar-refractivity contribution in [2.75, 3.05) is 13.1 Å². The monoisotopic (exact) mass is 351 g/mol. The zero-order valence-electron chi connectivity index (χ0n) is 14.8. The van der Waals surface area contributed by atoms with E-state index in [1.807, 2.05) is 36.4 Å². The van der Waals surface area contributed by atoms with Crippen LogP contribution in [0.15, 0.2) is 60.7 Å². The maximum atomic E-state index is 12.6. The highest BCUT2D eigenvalue weighted by Crippen LogP contribution is 2.28. The highest BCUT2D eigenvalue weighted by Gasteiger charge is 2.31. The van der Waals surface area contributed by atoms with E-state index in [1.165, 1.54) is 5.56 Å². The number of primary amides is 1. The van der Waals surface area contributed by atoms with Crippen molar-refractivity contribution in [1.29, 1.82) is 0 Å². The van der Waals surface area contributed by atoms with Gasteiger partial charge in [0.1, 0.15) is 6.04 Å². The number of carbonyl (C=O) groups is 2. The fraction of sp³-hybridized carbons (Fsp3) is 0.333. The summed E-state index contributed by atoms with van der Waals surface area (Å²) >= 11 is 0. The molecule has 1 heterocycles. The quantitative estimate of drug-likeness (QED) is 0.870. The molecule has 1 atom stereocenters. The first kappa shape index (κ1) is 18.1. The number of likely N-dealkylation sites (tertiary alicyclic amines) is 1. The van der Waals surface area contributed by atoms with Crippen molar-refractivity contribution in [3.8, 4) is 0 Å². The fourth-order valence-corrected chi connectivity index (χ4v) is 3.72. The molecule has 26 heavy (non-hydrogen) atoms. The second-order valence-corrected chi connectivity index (χ2v) is 6.84. The topological polar surface area (TPSA) is 75.4 Å². The zero-order valence-corrected chi connectivity index (χ0v) is 14.8. The van der Waals surface area contributed by atoms with Gasteiger partial charge in [0.2, 0.25) is 5.91 Å². The van der Waals surface area contributed by atoms with E-state index in [4.69, 9.17) is 5.73 Å². The number of hydrogen-bond acceptors (Lipinski definition) is 3. The highest BCUT2D eigenvalue weighted by molar-refractivity contribution is 5.96. The number of amides is 3. The van der Waals surface area contributed by atoms with E-state index in [9.17, 15) is 9.59 Å². The maximum Gasteiger partial charge on any atom is 0.318 e. The van der Waals surface area contributed by atoms with Crippen molar-refractivity contribution in [3.63, 3.8) is 0 Å². The lowest BCUT2D eigenvalue weighted by molar-refractivity contribution is -0.126. The zero-order chi connectivity index (χ0) is 18.4. The number of rotatable bonds is 5. The molecule has 0 aliphatic carbocycles. The van der Waals surface area contributed by atoms with Crippen LogP contribution >= 0.6 is 0 Å². The number of piperidine rings is 1. The Morgan fingerprint density at radius 3 is 2.15 bits per heavy atom. The molecule has 1 aliphatic heterocycles. The van der Waals surface area contributed by atoms with Crippen molar-refractivity contribution < 1.29 is 9.59 Å². The van der Waals surface area contributed by atoms with Gasteiger partial charge in [0, 0.05) is 0 Å². The minimum atomic E-state index is -0.810. The van der Waals surface area contributed by atoms with E-state index in [1.54, 1.807) is 0 Å². The van der Waals surface area contributed by atoms with Crippen molar-refractivity contribution in [3.05, 3.63) is 71.8 Å². The first-order valence-corrected chi connectivity index (χ1v) is 9.06. The summed E-state index contributed by atoms with van der Waals surface area (Å²) in [5.74, 6) is 0.259. The second kappa shape index (κ2) is 8.63. The molecule has 1 aliphatic rings. The summed E-state index contributed by atoms with van der Waals surface area (Å²) in [6.07, 6.45) is 3.13. The molecule has 0 saturated carbocycles. The van der Waals surface area contributed by atoms with E-state index in [0.29, 0.717) is 5.92 Å². The minimum absolute atomic E-state index is 0.356. The van der Waals surface area contributed by atoms with Crippen molar-refractivity contribution in [1.82, 2.24) is 10.2 Å². The lowest BCUT2D eigenvalue weighted by Crippen LogP contribution is -2.47. The predicted molar refractivity (Wildman–Crippen MR) is 101 cm³/mol. The van der Waals surface area contributed by atoms with Crippen LogP contribution in [0.1, 0.15) is 30.0 Å². The van der Waals surface area contributed by atoms with E-state index < -0.39 is 12.1 Å². The first-order valence-electron chi connectivity index (χ1n) is 9.06. The molecule has 0 spiro atoms. The van der Waals surface area contributed by atoms with E-state index in [0.717, 1.165) is 37.9 Å². The van der Waals surface area contributed by atoms with Crippen molar-refractivity contribution >= 4 is 11.9 Å². The van der Waals surface area contributed by atoms with Gasteiger partial charge in [-0.15, -0.1) is 0 Å². The van der Waals surface area contributed by atoms with Gasteiger partial charge in [-0.3, -0.25) is 15.0 Å². The molecular weight excluding hydrogens is 326 g/mol. The van der Waals surface area contributed by atoms with Crippen molar-refractivity contribution in [2.24, 2.45) is 11.7 Å².